The molecule has 0 radical (unpaired) electrons. The van der Waals surface area contributed by atoms with Gasteiger partial charge in [0.2, 0.25) is 11.8 Å². The van der Waals surface area contributed by atoms with E-state index in [-0.39, 0.29) is 13.0 Å². The quantitative estimate of drug-likeness (QED) is 0.0872. The zero-order valence-electron chi connectivity index (χ0n) is 31.9. The van der Waals surface area contributed by atoms with Crippen molar-refractivity contribution in [1.29, 1.82) is 0 Å². The molecule has 0 bridgehead atoms. The number of amides is 3. The number of nitrogens with zero attached hydrogens (tertiary/aromatic N) is 1. The fraction of sp³-hybridized carbons (Fsp3) is 0.561. The average molecular weight is 722 g/mol. The highest BCUT2D eigenvalue weighted by atomic mass is 32.2. The van der Waals surface area contributed by atoms with Crippen molar-refractivity contribution >= 4 is 35.6 Å². The molecule has 0 saturated carbocycles. The molecule has 0 saturated heterocycles. The SMILES string of the molecule is C#Cc1ccccc1C(C(=O)NC(Cc1ccccc1)C(=O)OC(C)(C)C)N(CCCCCCCC)C(=O)C(CCSC)NC(=O)OC(C)(C)C. The minimum atomic E-state index is -1.21. The number of esters is 1. The standard InChI is InChI=1S/C41H59N3O6S/c1-10-12-13-14-15-21-27-44(37(46)33(26-28-51-9)43-39(48)50-41(6,7)8)35(32-25-20-19-24-31(32)11-2)36(45)42-34(38(47)49-40(3,4)5)29-30-22-17-16-18-23-30/h2,16-20,22-25,33-35H,10,12-15,21,26-29H2,1,3-9H3,(H,42,45)(H,43,48). The number of thioether (sulfide) groups is 1. The van der Waals surface area contributed by atoms with Crippen molar-refractivity contribution in [1.82, 2.24) is 15.5 Å². The van der Waals surface area contributed by atoms with Gasteiger partial charge in [-0.05, 0) is 83.6 Å². The van der Waals surface area contributed by atoms with Crippen molar-refractivity contribution in [3.05, 3.63) is 71.3 Å². The van der Waals surface area contributed by atoms with Gasteiger partial charge >= 0.3 is 12.1 Å². The molecule has 280 valence electrons. The number of hydrogen-bond acceptors (Lipinski definition) is 7. The van der Waals surface area contributed by atoms with Crippen molar-refractivity contribution < 1.29 is 28.7 Å². The van der Waals surface area contributed by atoms with Gasteiger partial charge in [0.25, 0.3) is 0 Å². The van der Waals surface area contributed by atoms with Crippen molar-refractivity contribution in [2.24, 2.45) is 0 Å². The molecular weight excluding hydrogens is 663 g/mol. The lowest BCUT2D eigenvalue weighted by Crippen LogP contribution is -2.55. The summed E-state index contributed by atoms with van der Waals surface area (Å²) in [4.78, 5) is 57.7. The first kappa shape index (κ1) is 43.2. The van der Waals surface area contributed by atoms with Gasteiger partial charge in [-0.2, -0.15) is 11.8 Å². The molecule has 2 aromatic carbocycles. The van der Waals surface area contributed by atoms with Gasteiger partial charge in [0.15, 0.2) is 0 Å². The van der Waals surface area contributed by atoms with Crippen LogP contribution in [0.5, 0.6) is 0 Å². The second-order valence-corrected chi connectivity index (χ2v) is 15.7. The maximum absolute atomic E-state index is 14.8. The summed E-state index contributed by atoms with van der Waals surface area (Å²) in [5, 5.41) is 5.74. The highest BCUT2D eigenvalue weighted by molar-refractivity contribution is 7.98. The molecule has 51 heavy (non-hydrogen) atoms. The Morgan fingerprint density at radius 3 is 2.04 bits per heavy atom. The van der Waals surface area contributed by atoms with Crippen molar-refractivity contribution in [2.45, 2.75) is 129 Å². The summed E-state index contributed by atoms with van der Waals surface area (Å²) in [5.74, 6) is 1.64. The van der Waals surface area contributed by atoms with Gasteiger partial charge in [-0.15, -0.1) is 6.42 Å². The van der Waals surface area contributed by atoms with Crippen LogP contribution in [0.15, 0.2) is 54.6 Å². The Morgan fingerprint density at radius 2 is 1.43 bits per heavy atom. The first-order valence-electron chi connectivity index (χ1n) is 18.0. The summed E-state index contributed by atoms with van der Waals surface area (Å²) in [5.41, 5.74) is 0.132. The minimum Gasteiger partial charge on any atom is -0.458 e. The van der Waals surface area contributed by atoms with Crippen LogP contribution in [0.25, 0.3) is 0 Å². The maximum Gasteiger partial charge on any atom is 0.408 e. The summed E-state index contributed by atoms with van der Waals surface area (Å²) in [6.07, 6.45) is 13.4. The van der Waals surface area contributed by atoms with Gasteiger partial charge in [-0.25, -0.2) is 9.59 Å². The summed E-state index contributed by atoms with van der Waals surface area (Å²) in [6.45, 7) is 12.9. The Morgan fingerprint density at radius 1 is 0.824 bits per heavy atom. The Labute approximate surface area is 310 Å². The Bertz CT molecular complexity index is 1440. The lowest BCUT2D eigenvalue weighted by atomic mass is 9.96. The predicted molar refractivity (Wildman–Crippen MR) is 206 cm³/mol. The second-order valence-electron chi connectivity index (χ2n) is 14.7. The first-order chi connectivity index (χ1) is 24.1. The van der Waals surface area contributed by atoms with Gasteiger partial charge in [0.1, 0.15) is 29.3 Å². The average Bonchev–Trinajstić information content (AvgIpc) is 3.06. The largest absolute Gasteiger partial charge is 0.458 e. The van der Waals surface area contributed by atoms with E-state index in [1.807, 2.05) is 36.6 Å². The summed E-state index contributed by atoms with van der Waals surface area (Å²) >= 11 is 1.54. The van der Waals surface area contributed by atoms with Crippen LogP contribution in [0.3, 0.4) is 0 Å². The number of terminal acetylenes is 1. The molecule has 9 nitrogen and oxygen atoms in total. The molecule has 2 N–H and O–H groups in total. The number of ether oxygens (including phenoxy) is 2. The summed E-state index contributed by atoms with van der Waals surface area (Å²) in [6, 6.07) is 13.1. The Balaban J connectivity index is 2.67. The molecule has 0 aliphatic rings. The number of alkyl carbamates (subject to hydrolysis) is 1. The van der Waals surface area contributed by atoms with Crippen LogP contribution in [-0.4, -0.2) is 70.6 Å². The minimum absolute atomic E-state index is 0.174. The Kier molecular flexibility index (Phi) is 18.1. The lowest BCUT2D eigenvalue weighted by Gasteiger charge is -2.36. The molecule has 2 aromatic rings. The predicted octanol–water partition coefficient (Wildman–Crippen LogP) is 7.61. The molecule has 0 aliphatic carbocycles. The maximum atomic E-state index is 14.8. The summed E-state index contributed by atoms with van der Waals surface area (Å²) < 4.78 is 11.3. The topological polar surface area (TPSA) is 114 Å². The molecule has 3 unspecified atom stereocenters. The fourth-order valence-corrected chi connectivity index (χ4v) is 6.03. The van der Waals surface area contributed by atoms with Crippen molar-refractivity contribution in [3.63, 3.8) is 0 Å². The van der Waals surface area contributed by atoms with Gasteiger partial charge < -0.3 is 25.0 Å². The highest BCUT2D eigenvalue weighted by Gasteiger charge is 2.39. The monoisotopic (exact) mass is 721 g/mol. The first-order valence-corrected chi connectivity index (χ1v) is 19.4. The van der Waals surface area contributed by atoms with E-state index in [9.17, 15) is 19.2 Å². The Hall–Kier alpha value is -3.97. The van der Waals surface area contributed by atoms with Gasteiger partial charge in [0.05, 0.1) is 0 Å². The van der Waals surface area contributed by atoms with E-state index in [4.69, 9.17) is 15.9 Å². The van der Waals surface area contributed by atoms with Gasteiger partial charge in [-0.3, -0.25) is 9.59 Å². The number of carbonyl (C=O) groups is 4. The second kappa shape index (κ2) is 21.4. The van der Waals surface area contributed by atoms with Crippen LogP contribution in [0.1, 0.15) is 116 Å². The number of rotatable bonds is 19. The van der Waals surface area contributed by atoms with Crippen LogP contribution in [0, 0.1) is 12.3 Å². The third kappa shape index (κ3) is 15.9. The molecule has 3 atom stereocenters. The number of nitrogens with one attached hydrogen (secondary N) is 2. The number of benzene rings is 2. The van der Waals surface area contributed by atoms with Crippen LogP contribution in [0.4, 0.5) is 4.79 Å². The third-order valence-corrected chi connectivity index (χ3v) is 8.54. The third-order valence-electron chi connectivity index (χ3n) is 7.90. The zero-order chi connectivity index (χ0) is 38.0. The zero-order valence-corrected chi connectivity index (χ0v) is 32.7. The van der Waals surface area contributed by atoms with E-state index >= 15 is 0 Å². The van der Waals surface area contributed by atoms with E-state index in [1.54, 1.807) is 77.6 Å². The molecular formula is C41H59N3O6S. The number of unbranched alkanes of at least 4 members (excludes halogenated alkanes) is 5. The van der Waals surface area contributed by atoms with Gasteiger partial charge in [0, 0.05) is 18.5 Å². The molecule has 0 fully saturated rings. The van der Waals surface area contributed by atoms with Crippen molar-refractivity contribution in [3.8, 4) is 12.3 Å². The van der Waals surface area contributed by atoms with E-state index < -0.39 is 53.2 Å². The molecule has 0 aliphatic heterocycles. The number of hydrogen-bond donors (Lipinski definition) is 2. The van der Waals surface area contributed by atoms with E-state index in [1.165, 1.54) is 4.90 Å². The van der Waals surface area contributed by atoms with E-state index in [2.05, 4.69) is 23.5 Å². The summed E-state index contributed by atoms with van der Waals surface area (Å²) in [7, 11) is 0. The van der Waals surface area contributed by atoms with Crippen molar-refractivity contribution in [2.75, 3.05) is 18.6 Å². The van der Waals surface area contributed by atoms with E-state index in [0.717, 1.165) is 37.7 Å². The van der Waals surface area contributed by atoms with Crippen LogP contribution in [0.2, 0.25) is 0 Å². The normalized spacial score (nSPS) is 13.2. The highest BCUT2D eigenvalue weighted by Crippen LogP contribution is 2.28. The van der Waals surface area contributed by atoms with Crippen LogP contribution in [-0.2, 0) is 30.3 Å². The lowest BCUT2D eigenvalue weighted by molar-refractivity contribution is -0.159. The molecule has 0 aromatic heterocycles. The molecule has 0 heterocycles. The van der Waals surface area contributed by atoms with E-state index in [0.29, 0.717) is 29.7 Å². The molecule has 3 amide bonds. The molecule has 10 heteroatoms. The smallest absolute Gasteiger partial charge is 0.408 e. The van der Waals surface area contributed by atoms with Gasteiger partial charge in [-0.1, -0.05) is 93.5 Å². The fourth-order valence-electron chi connectivity index (χ4n) is 5.56. The molecule has 0 spiro atoms. The number of carbonyl (C=O) groups excluding carboxylic acids is 4. The van der Waals surface area contributed by atoms with Crippen LogP contribution < -0.4 is 10.6 Å². The van der Waals surface area contributed by atoms with Crippen LogP contribution >= 0.6 is 11.8 Å². The molecule has 2 rings (SSSR count).